The summed E-state index contributed by atoms with van der Waals surface area (Å²) in [7, 11) is 0. The average molecular weight is 392 g/mol. The Kier molecular flexibility index (Phi) is 5.49. The van der Waals surface area contributed by atoms with Crippen molar-refractivity contribution >= 4 is 23.2 Å². The molecule has 0 unspecified atom stereocenters. The van der Waals surface area contributed by atoms with E-state index in [1.54, 1.807) is 12.1 Å². The highest BCUT2D eigenvalue weighted by molar-refractivity contribution is 6.04. The number of carbonyl (C=O) groups is 2. The number of hydrogen-bond donors (Lipinski definition) is 2. The molecule has 0 fully saturated rings. The molecule has 1 aromatic heterocycles. The summed E-state index contributed by atoms with van der Waals surface area (Å²) < 4.78 is 1.30. The zero-order valence-electron chi connectivity index (χ0n) is 15.1. The molecule has 3 rings (SSSR count). The Morgan fingerprint density at radius 3 is 2.45 bits per heavy atom. The van der Waals surface area contributed by atoms with Crippen molar-refractivity contribution in [3.8, 4) is 0 Å². The van der Waals surface area contributed by atoms with E-state index in [2.05, 4.69) is 5.32 Å². The largest absolute Gasteiger partial charge is 0.366 e. The summed E-state index contributed by atoms with van der Waals surface area (Å²) >= 11 is 0. The van der Waals surface area contributed by atoms with Gasteiger partial charge in [-0.25, -0.2) is 0 Å². The van der Waals surface area contributed by atoms with Crippen molar-refractivity contribution in [1.29, 1.82) is 0 Å². The van der Waals surface area contributed by atoms with E-state index in [-0.39, 0.29) is 17.8 Å². The standard InChI is InChI=1S/C20H16N4O5/c21-18(25)14-6-8-15(9-7-14)22-19(26)17-5-2-10-23(20(17)27)12-13-3-1-4-16(11-13)24(28)29/h1-11H,12H2,(H2,21,25)(H,22,26). The van der Waals surface area contributed by atoms with Gasteiger partial charge in [-0.15, -0.1) is 0 Å². The SMILES string of the molecule is NC(=O)c1ccc(NC(=O)c2cccn(Cc3cccc([N+](=O)[O-])c3)c2=O)cc1. The lowest BCUT2D eigenvalue weighted by molar-refractivity contribution is -0.384. The summed E-state index contributed by atoms with van der Waals surface area (Å²) in [6.45, 7) is 0.0783. The zero-order chi connectivity index (χ0) is 21.0. The molecule has 0 radical (unpaired) electrons. The van der Waals surface area contributed by atoms with Crippen LogP contribution in [-0.2, 0) is 6.54 Å². The van der Waals surface area contributed by atoms with Gasteiger partial charge in [-0.2, -0.15) is 0 Å². The normalized spacial score (nSPS) is 10.3. The van der Waals surface area contributed by atoms with Gasteiger partial charge in [-0.3, -0.25) is 24.5 Å². The number of nitro benzene ring substituents is 1. The molecular weight excluding hydrogens is 376 g/mol. The van der Waals surface area contributed by atoms with E-state index in [1.807, 2.05) is 0 Å². The van der Waals surface area contributed by atoms with Crippen LogP contribution in [0.25, 0.3) is 0 Å². The Morgan fingerprint density at radius 2 is 1.79 bits per heavy atom. The summed E-state index contributed by atoms with van der Waals surface area (Å²) in [4.78, 5) is 46.7. The van der Waals surface area contributed by atoms with Gasteiger partial charge in [-0.05, 0) is 42.0 Å². The average Bonchev–Trinajstić information content (AvgIpc) is 2.70. The molecule has 0 atom stereocenters. The second-order valence-corrected chi connectivity index (χ2v) is 6.18. The third kappa shape index (κ3) is 4.53. The summed E-state index contributed by atoms with van der Waals surface area (Å²) in [6, 6.07) is 14.8. The number of non-ortho nitro benzene ring substituents is 1. The number of nitrogens with two attached hydrogens (primary N) is 1. The Morgan fingerprint density at radius 1 is 1.07 bits per heavy atom. The van der Waals surface area contributed by atoms with Crippen LogP contribution in [-0.4, -0.2) is 21.3 Å². The van der Waals surface area contributed by atoms with Crippen LogP contribution in [0.15, 0.2) is 71.7 Å². The first-order chi connectivity index (χ1) is 13.8. The highest BCUT2D eigenvalue weighted by Gasteiger charge is 2.14. The molecule has 0 aliphatic carbocycles. The van der Waals surface area contributed by atoms with Gasteiger partial charge in [0.1, 0.15) is 5.56 Å². The highest BCUT2D eigenvalue weighted by Crippen LogP contribution is 2.14. The van der Waals surface area contributed by atoms with E-state index >= 15 is 0 Å². The molecule has 0 bridgehead atoms. The maximum absolute atomic E-state index is 12.7. The first kappa shape index (κ1) is 19.5. The molecule has 146 valence electrons. The van der Waals surface area contributed by atoms with Crippen LogP contribution in [0.1, 0.15) is 26.3 Å². The van der Waals surface area contributed by atoms with Crippen LogP contribution in [0.3, 0.4) is 0 Å². The molecule has 3 aromatic rings. The maximum Gasteiger partial charge on any atom is 0.269 e. The molecule has 2 amide bonds. The molecule has 0 aliphatic heterocycles. The Bertz CT molecular complexity index is 1150. The minimum absolute atomic E-state index is 0.0783. The smallest absolute Gasteiger partial charge is 0.269 e. The fourth-order valence-electron chi connectivity index (χ4n) is 2.72. The molecule has 9 nitrogen and oxygen atoms in total. The topological polar surface area (TPSA) is 137 Å². The number of carbonyl (C=O) groups excluding carboxylic acids is 2. The fourth-order valence-corrected chi connectivity index (χ4v) is 2.72. The minimum atomic E-state index is -0.616. The maximum atomic E-state index is 12.7. The van der Waals surface area contributed by atoms with Crippen molar-refractivity contribution in [2.24, 2.45) is 5.73 Å². The quantitative estimate of drug-likeness (QED) is 0.489. The summed E-state index contributed by atoms with van der Waals surface area (Å²) in [5, 5.41) is 13.5. The fraction of sp³-hybridized carbons (Fsp3) is 0.0500. The first-order valence-electron chi connectivity index (χ1n) is 8.49. The van der Waals surface area contributed by atoms with Crippen molar-refractivity contribution in [2.45, 2.75) is 6.54 Å². The predicted molar refractivity (Wildman–Crippen MR) is 106 cm³/mol. The number of nitrogens with one attached hydrogen (secondary N) is 1. The van der Waals surface area contributed by atoms with Crippen molar-refractivity contribution in [1.82, 2.24) is 4.57 Å². The van der Waals surface area contributed by atoms with E-state index in [1.165, 1.54) is 59.3 Å². The molecule has 0 saturated heterocycles. The van der Waals surface area contributed by atoms with Crippen LogP contribution in [0.5, 0.6) is 0 Å². The molecule has 0 aliphatic rings. The van der Waals surface area contributed by atoms with E-state index < -0.39 is 22.3 Å². The Hall–Kier alpha value is -4.27. The van der Waals surface area contributed by atoms with Crippen molar-refractivity contribution in [3.05, 3.63) is 104 Å². The molecular formula is C20H16N4O5. The van der Waals surface area contributed by atoms with Crippen molar-refractivity contribution < 1.29 is 14.5 Å². The van der Waals surface area contributed by atoms with Crippen LogP contribution in [0.4, 0.5) is 11.4 Å². The van der Waals surface area contributed by atoms with Crippen LogP contribution < -0.4 is 16.6 Å². The van der Waals surface area contributed by atoms with Gasteiger partial charge in [-0.1, -0.05) is 12.1 Å². The lowest BCUT2D eigenvalue weighted by Gasteiger charge is -2.09. The van der Waals surface area contributed by atoms with Gasteiger partial charge >= 0.3 is 0 Å². The lowest BCUT2D eigenvalue weighted by Crippen LogP contribution is -2.29. The number of anilines is 1. The van der Waals surface area contributed by atoms with Gasteiger partial charge in [0, 0.05) is 29.6 Å². The van der Waals surface area contributed by atoms with Crippen LogP contribution in [0, 0.1) is 10.1 Å². The molecule has 2 aromatic carbocycles. The van der Waals surface area contributed by atoms with E-state index in [4.69, 9.17) is 5.73 Å². The number of rotatable bonds is 6. The second-order valence-electron chi connectivity index (χ2n) is 6.18. The lowest BCUT2D eigenvalue weighted by atomic mass is 10.1. The number of pyridine rings is 1. The Balaban J connectivity index is 1.81. The molecule has 9 heteroatoms. The molecule has 3 N–H and O–H groups in total. The highest BCUT2D eigenvalue weighted by atomic mass is 16.6. The monoisotopic (exact) mass is 392 g/mol. The van der Waals surface area contributed by atoms with E-state index in [9.17, 15) is 24.5 Å². The summed E-state index contributed by atoms with van der Waals surface area (Å²) in [5.74, 6) is -1.20. The number of aromatic nitrogens is 1. The first-order valence-corrected chi connectivity index (χ1v) is 8.49. The molecule has 0 spiro atoms. The third-order valence-electron chi connectivity index (χ3n) is 4.17. The number of nitro groups is 1. The van der Waals surface area contributed by atoms with E-state index in [0.29, 0.717) is 16.8 Å². The summed E-state index contributed by atoms with van der Waals surface area (Å²) in [6.07, 6.45) is 1.50. The number of benzene rings is 2. The van der Waals surface area contributed by atoms with E-state index in [0.717, 1.165) is 0 Å². The van der Waals surface area contributed by atoms with Gasteiger partial charge in [0.25, 0.3) is 17.2 Å². The second kappa shape index (κ2) is 8.17. The van der Waals surface area contributed by atoms with Gasteiger partial charge in [0.05, 0.1) is 11.5 Å². The molecule has 1 heterocycles. The number of hydrogen-bond acceptors (Lipinski definition) is 5. The minimum Gasteiger partial charge on any atom is -0.366 e. The van der Waals surface area contributed by atoms with Crippen LogP contribution in [0.2, 0.25) is 0 Å². The van der Waals surface area contributed by atoms with Gasteiger partial charge in [0.15, 0.2) is 0 Å². The zero-order valence-corrected chi connectivity index (χ0v) is 15.1. The number of amides is 2. The Labute approximate surface area is 164 Å². The number of nitrogens with zero attached hydrogens (tertiary/aromatic N) is 2. The molecule has 29 heavy (non-hydrogen) atoms. The van der Waals surface area contributed by atoms with Crippen molar-refractivity contribution in [2.75, 3.05) is 5.32 Å². The molecule has 0 saturated carbocycles. The van der Waals surface area contributed by atoms with Gasteiger partial charge in [0.2, 0.25) is 5.91 Å². The summed E-state index contributed by atoms with van der Waals surface area (Å²) in [5.41, 5.74) is 5.72. The van der Waals surface area contributed by atoms with Gasteiger partial charge < -0.3 is 15.6 Å². The van der Waals surface area contributed by atoms with Crippen molar-refractivity contribution in [3.63, 3.8) is 0 Å². The third-order valence-corrected chi connectivity index (χ3v) is 4.17. The predicted octanol–water partition coefficient (Wildman–Crippen LogP) is 2.16. The van der Waals surface area contributed by atoms with Crippen LogP contribution >= 0.6 is 0 Å². The number of primary amides is 1.